The van der Waals surface area contributed by atoms with Gasteiger partial charge in [-0.05, 0) is 12.1 Å². The van der Waals surface area contributed by atoms with Crippen LogP contribution in [-0.2, 0) is 0 Å². The van der Waals surface area contributed by atoms with Gasteiger partial charge in [-0.3, -0.25) is 0 Å². The molecule has 2 rings (SSSR count). The lowest BCUT2D eigenvalue weighted by Crippen LogP contribution is -1.75. The summed E-state index contributed by atoms with van der Waals surface area (Å²) in [5.74, 6) is -0.276. The van der Waals surface area contributed by atoms with Crippen molar-refractivity contribution >= 4 is 34.1 Å². The molecule has 0 saturated carbocycles. The number of rotatable bonds is 0. The van der Waals surface area contributed by atoms with E-state index in [0.717, 1.165) is 4.70 Å². The molecule has 0 atom stereocenters. The van der Waals surface area contributed by atoms with E-state index in [1.807, 2.05) is 0 Å². The molecular weight excluding hydrogens is 195 g/mol. The maximum absolute atomic E-state index is 12.9. The largest absolute Gasteiger partial charge is 0.506 e. The van der Waals surface area contributed by atoms with Crippen molar-refractivity contribution in [2.75, 3.05) is 0 Å². The third kappa shape index (κ3) is 1.07. The first-order valence-electron chi connectivity index (χ1n) is 3.27. The Morgan fingerprint density at radius 2 is 2.17 bits per heavy atom. The van der Waals surface area contributed by atoms with E-state index in [-0.39, 0.29) is 5.75 Å². The summed E-state index contributed by atoms with van der Waals surface area (Å²) in [7, 11) is 0. The van der Waals surface area contributed by atoms with Gasteiger partial charge in [-0.15, -0.1) is 24.0 Å². The molecule has 1 aromatic carbocycles. The van der Waals surface area contributed by atoms with Crippen LogP contribution in [0.2, 0.25) is 0 Å². The van der Waals surface area contributed by atoms with E-state index in [1.165, 1.54) is 17.4 Å². The van der Waals surface area contributed by atoms with Crippen molar-refractivity contribution in [1.82, 2.24) is 0 Å². The molecule has 0 aliphatic heterocycles. The molecule has 62 valence electrons. The van der Waals surface area contributed by atoms with Crippen LogP contribution < -0.4 is 0 Å². The van der Waals surface area contributed by atoms with Crippen LogP contribution in [0.25, 0.3) is 10.1 Å². The number of thiophene rings is 1. The van der Waals surface area contributed by atoms with Gasteiger partial charge in [0.15, 0.2) is 0 Å². The van der Waals surface area contributed by atoms with Crippen LogP contribution in [0.15, 0.2) is 22.4 Å². The van der Waals surface area contributed by atoms with E-state index in [1.54, 1.807) is 11.4 Å². The maximum Gasteiger partial charge on any atom is 0.137 e. The first kappa shape index (κ1) is 7.89. The summed E-state index contributed by atoms with van der Waals surface area (Å²) in [5.41, 5.74) is 0. The van der Waals surface area contributed by atoms with Gasteiger partial charge >= 0.3 is 0 Å². The second-order valence-electron chi connectivity index (χ2n) is 2.42. The third-order valence-electron chi connectivity index (χ3n) is 1.62. The Morgan fingerprint density at radius 1 is 1.42 bits per heavy atom. The quantitative estimate of drug-likeness (QED) is 0.626. The van der Waals surface area contributed by atoms with Gasteiger partial charge in [-0.25, -0.2) is 4.39 Å². The molecule has 0 spiro atoms. The molecule has 2 aromatic rings. The van der Waals surface area contributed by atoms with Gasteiger partial charge in [0.1, 0.15) is 11.6 Å². The highest BCUT2D eigenvalue weighted by Crippen LogP contribution is 2.33. The van der Waals surface area contributed by atoms with E-state index in [0.29, 0.717) is 10.3 Å². The number of thiol groups is 1. The number of aromatic hydroxyl groups is 1. The Bertz CT molecular complexity index is 436. The van der Waals surface area contributed by atoms with Crippen LogP contribution in [0, 0.1) is 5.82 Å². The van der Waals surface area contributed by atoms with Crippen molar-refractivity contribution in [3.63, 3.8) is 0 Å². The summed E-state index contributed by atoms with van der Waals surface area (Å²) >= 11 is 5.30. The molecule has 0 fully saturated rings. The molecule has 1 aromatic heterocycles. The van der Waals surface area contributed by atoms with E-state index < -0.39 is 5.82 Å². The van der Waals surface area contributed by atoms with Crippen LogP contribution in [0.3, 0.4) is 0 Å². The number of hydrogen-bond acceptors (Lipinski definition) is 3. The second-order valence-corrected chi connectivity index (χ2v) is 3.81. The van der Waals surface area contributed by atoms with Crippen LogP contribution >= 0.6 is 24.0 Å². The van der Waals surface area contributed by atoms with Crippen LogP contribution in [0.4, 0.5) is 4.39 Å². The lowest BCUT2D eigenvalue weighted by atomic mass is 10.2. The van der Waals surface area contributed by atoms with Crippen molar-refractivity contribution in [3.05, 3.63) is 23.3 Å². The molecular formula is C8H5FOS2. The molecule has 12 heavy (non-hydrogen) atoms. The fourth-order valence-electron chi connectivity index (χ4n) is 1.02. The standard InChI is InChI=1S/C8H5FOS2/c9-5-1-4-6(10)3-12-8(4)2-7(5)11/h1-3,10-11H. The average Bonchev–Trinajstić information content (AvgIpc) is 2.35. The molecule has 0 amide bonds. The fraction of sp³-hybridized carbons (Fsp3) is 0. The summed E-state index contributed by atoms with van der Waals surface area (Å²) in [5, 5.41) is 11.4. The molecule has 0 radical (unpaired) electrons. The van der Waals surface area contributed by atoms with Crippen LogP contribution in [-0.4, -0.2) is 5.11 Å². The minimum absolute atomic E-state index is 0.127. The van der Waals surface area contributed by atoms with Gasteiger partial charge in [0, 0.05) is 20.4 Å². The lowest BCUT2D eigenvalue weighted by Gasteiger charge is -1.95. The Kier molecular flexibility index (Phi) is 1.73. The van der Waals surface area contributed by atoms with Gasteiger partial charge in [-0.2, -0.15) is 0 Å². The number of halogens is 1. The van der Waals surface area contributed by atoms with Crippen molar-refractivity contribution in [2.24, 2.45) is 0 Å². The molecule has 1 heterocycles. The highest BCUT2D eigenvalue weighted by Gasteiger charge is 2.06. The van der Waals surface area contributed by atoms with Gasteiger partial charge in [0.05, 0.1) is 0 Å². The van der Waals surface area contributed by atoms with E-state index in [4.69, 9.17) is 0 Å². The molecule has 1 nitrogen and oxygen atoms in total. The topological polar surface area (TPSA) is 20.2 Å². The lowest BCUT2D eigenvalue weighted by molar-refractivity contribution is 0.483. The average molecular weight is 200 g/mol. The molecule has 0 bridgehead atoms. The Labute approximate surface area is 77.9 Å². The summed E-state index contributed by atoms with van der Waals surface area (Å²) in [6.07, 6.45) is 0. The van der Waals surface area contributed by atoms with E-state index >= 15 is 0 Å². The van der Waals surface area contributed by atoms with Crippen molar-refractivity contribution in [1.29, 1.82) is 0 Å². The second kappa shape index (κ2) is 2.64. The number of hydrogen-bond donors (Lipinski definition) is 2. The summed E-state index contributed by atoms with van der Waals surface area (Å²) in [6.45, 7) is 0. The van der Waals surface area contributed by atoms with E-state index in [9.17, 15) is 9.50 Å². The zero-order valence-corrected chi connectivity index (χ0v) is 7.62. The zero-order valence-electron chi connectivity index (χ0n) is 5.91. The predicted molar refractivity (Wildman–Crippen MR) is 50.7 cm³/mol. The highest BCUT2D eigenvalue weighted by atomic mass is 32.1. The number of benzene rings is 1. The molecule has 0 unspecified atom stereocenters. The predicted octanol–water partition coefficient (Wildman–Crippen LogP) is 3.03. The minimum atomic E-state index is -0.403. The van der Waals surface area contributed by atoms with Gasteiger partial charge in [0.25, 0.3) is 0 Å². The van der Waals surface area contributed by atoms with Gasteiger partial charge in [0.2, 0.25) is 0 Å². The SMILES string of the molecule is Oc1csc2cc(S)c(F)cc12. The number of fused-ring (bicyclic) bond motifs is 1. The minimum Gasteiger partial charge on any atom is -0.506 e. The summed E-state index contributed by atoms with van der Waals surface area (Å²) in [6, 6.07) is 2.90. The van der Waals surface area contributed by atoms with Gasteiger partial charge in [-0.1, -0.05) is 0 Å². The first-order chi connectivity index (χ1) is 5.68. The van der Waals surface area contributed by atoms with Gasteiger partial charge < -0.3 is 5.11 Å². The molecule has 0 saturated heterocycles. The monoisotopic (exact) mass is 200 g/mol. The Balaban J connectivity index is 2.87. The molecule has 4 heteroatoms. The van der Waals surface area contributed by atoms with Crippen molar-refractivity contribution < 1.29 is 9.50 Å². The Morgan fingerprint density at radius 3 is 2.92 bits per heavy atom. The van der Waals surface area contributed by atoms with E-state index in [2.05, 4.69) is 12.6 Å². The summed E-state index contributed by atoms with van der Waals surface area (Å²) < 4.78 is 13.8. The molecule has 0 aliphatic rings. The normalized spacial score (nSPS) is 10.8. The van der Waals surface area contributed by atoms with Crippen LogP contribution in [0.1, 0.15) is 0 Å². The summed E-state index contributed by atoms with van der Waals surface area (Å²) in [4.78, 5) is 0.310. The molecule has 1 N–H and O–H groups in total. The van der Waals surface area contributed by atoms with Crippen LogP contribution in [0.5, 0.6) is 5.75 Å². The maximum atomic E-state index is 12.9. The highest BCUT2D eigenvalue weighted by molar-refractivity contribution is 7.80. The third-order valence-corrected chi connectivity index (χ3v) is 2.90. The first-order valence-corrected chi connectivity index (χ1v) is 4.60. The van der Waals surface area contributed by atoms with Crippen molar-refractivity contribution in [2.45, 2.75) is 4.90 Å². The zero-order chi connectivity index (χ0) is 8.72. The molecule has 0 aliphatic carbocycles. The van der Waals surface area contributed by atoms with Crippen molar-refractivity contribution in [3.8, 4) is 5.75 Å². The smallest absolute Gasteiger partial charge is 0.137 e. The Hall–Kier alpha value is -0.740. The fourth-order valence-corrected chi connectivity index (χ4v) is 2.15.